The largest absolute Gasteiger partial charge is 0.507 e. The van der Waals surface area contributed by atoms with Gasteiger partial charge in [0.05, 0.1) is 11.1 Å². The van der Waals surface area contributed by atoms with Crippen LogP contribution in [-0.4, -0.2) is 35.1 Å². The summed E-state index contributed by atoms with van der Waals surface area (Å²) in [4.78, 5) is 23.8. The molecule has 4 N–H and O–H groups in total. The Labute approximate surface area is 133 Å². The van der Waals surface area contributed by atoms with Crippen LogP contribution < -0.4 is 10.6 Å². The number of hydrogen-bond acceptors (Lipinski definition) is 4. The van der Waals surface area contributed by atoms with Crippen molar-refractivity contribution in [2.75, 3.05) is 13.1 Å². The van der Waals surface area contributed by atoms with E-state index in [9.17, 15) is 19.8 Å². The fourth-order valence-electron chi connectivity index (χ4n) is 2.04. The van der Waals surface area contributed by atoms with E-state index in [4.69, 9.17) is 0 Å². The second kappa shape index (κ2) is 7.31. The van der Waals surface area contributed by atoms with Gasteiger partial charge in [-0.05, 0) is 36.8 Å². The molecule has 0 bridgehead atoms. The number of benzene rings is 2. The first-order chi connectivity index (χ1) is 11.0. The molecular weight excluding hydrogens is 296 g/mol. The Kier molecular flexibility index (Phi) is 5.19. The summed E-state index contributed by atoms with van der Waals surface area (Å²) in [6.07, 6.45) is 0. The zero-order valence-electron chi connectivity index (χ0n) is 12.7. The summed E-state index contributed by atoms with van der Waals surface area (Å²) in [6.45, 7) is 2.22. The van der Waals surface area contributed by atoms with Gasteiger partial charge in [0.15, 0.2) is 0 Å². The van der Waals surface area contributed by atoms with Crippen LogP contribution in [0.1, 0.15) is 26.3 Å². The van der Waals surface area contributed by atoms with Gasteiger partial charge in [0.1, 0.15) is 11.5 Å². The zero-order valence-corrected chi connectivity index (χ0v) is 12.7. The number of aryl methyl sites for hydroxylation is 1. The molecule has 0 heterocycles. The van der Waals surface area contributed by atoms with Crippen LogP contribution >= 0.6 is 0 Å². The van der Waals surface area contributed by atoms with Crippen molar-refractivity contribution in [2.24, 2.45) is 0 Å². The maximum Gasteiger partial charge on any atom is 0.255 e. The van der Waals surface area contributed by atoms with Crippen molar-refractivity contribution in [1.29, 1.82) is 0 Å². The molecule has 120 valence electrons. The molecule has 0 saturated heterocycles. The van der Waals surface area contributed by atoms with Crippen molar-refractivity contribution >= 4 is 11.8 Å². The van der Waals surface area contributed by atoms with Gasteiger partial charge >= 0.3 is 0 Å². The van der Waals surface area contributed by atoms with Gasteiger partial charge in [0.2, 0.25) is 0 Å². The van der Waals surface area contributed by atoms with Crippen LogP contribution in [0.25, 0.3) is 0 Å². The molecule has 2 aromatic rings. The number of aromatic hydroxyl groups is 2. The second-order valence-electron chi connectivity index (χ2n) is 5.05. The van der Waals surface area contributed by atoms with Crippen LogP contribution in [0.15, 0.2) is 42.5 Å². The third-order valence-electron chi connectivity index (χ3n) is 3.24. The zero-order chi connectivity index (χ0) is 16.8. The molecule has 0 aromatic heterocycles. The third-order valence-corrected chi connectivity index (χ3v) is 3.24. The lowest BCUT2D eigenvalue weighted by atomic mass is 10.1. The molecule has 0 atom stereocenters. The molecule has 0 aliphatic carbocycles. The average Bonchev–Trinajstić information content (AvgIpc) is 2.51. The number of carbonyl (C=O) groups is 2. The molecule has 0 radical (unpaired) electrons. The van der Waals surface area contributed by atoms with Gasteiger partial charge in [0.25, 0.3) is 11.8 Å². The van der Waals surface area contributed by atoms with Gasteiger partial charge in [0, 0.05) is 13.1 Å². The van der Waals surface area contributed by atoms with Crippen molar-refractivity contribution in [2.45, 2.75) is 6.92 Å². The predicted octanol–water partition coefficient (Wildman–Crippen LogP) is 1.57. The molecule has 0 saturated carbocycles. The summed E-state index contributed by atoms with van der Waals surface area (Å²) in [5.41, 5.74) is 1.21. The van der Waals surface area contributed by atoms with E-state index < -0.39 is 11.8 Å². The topological polar surface area (TPSA) is 98.7 Å². The summed E-state index contributed by atoms with van der Waals surface area (Å²) in [6, 6.07) is 11.0. The number of phenolic OH excluding ortho intramolecular Hbond substituents is 2. The van der Waals surface area contributed by atoms with E-state index in [0.717, 1.165) is 5.56 Å². The monoisotopic (exact) mass is 314 g/mol. The van der Waals surface area contributed by atoms with E-state index in [0.29, 0.717) is 0 Å². The normalized spacial score (nSPS) is 10.1. The molecule has 6 heteroatoms. The molecular formula is C17H18N2O4. The first-order valence-corrected chi connectivity index (χ1v) is 7.13. The highest BCUT2D eigenvalue weighted by molar-refractivity contribution is 5.97. The Morgan fingerprint density at radius 2 is 1.43 bits per heavy atom. The Morgan fingerprint density at radius 1 is 0.870 bits per heavy atom. The lowest BCUT2D eigenvalue weighted by Gasteiger charge is -2.09. The quantitative estimate of drug-likeness (QED) is 0.630. The molecule has 6 nitrogen and oxygen atoms in total. The summed E-state index contributed by atoms with van der Waals surface area (Å²) >= 11 is 0. The highest BCUT2D eigenvalue weighted by Crippen LogP contribution is 2.18. The number of nitrogens with one attached hydrogen (secondary N) is 2. The van der Waals surface area contributed by atoms with Crippen LogP contribution in [0.4, 0.5) is 0 Å². The molecule has 2 aromatic carbocycles. The lowest BCUT2D eigenvalue weighted by Crippen LogP contribution is -2.34. The Hall–Kier alpha value is -3.02. The summed E-state index contributed by atoms with van der Waals surface area (Å²) in [7, 11) is 0. The van der Waals surface area contributed by atoms with Gasteiger partial charge in [-0.3, -0.25) is 9.59 Å². The van der Waals surface area contributed by atoms with Crippen LogP contribution in [0.3, 0.4) is 0 Å². The Bertz CT molecular complexity index is 728. The minimum Gasteiger partial charge on any atom is -0.507 e. The van der Waals surface area contributed by atoms with E-state index in [1.54, 1.807) is 24.3 Å². The number of hydrogen-bond donors (Lipinski definition) is 4. The number of amides is 2. The molecule has 0 aliphatic rings. The van der Waals surface area contributed by atoms with Crippen molar-refractivity contribution in [3.63, 3.8) is 0 Å². The predicted molar refractivity (Wildman–Crippen MR) is 85.6 cm³/mol. The first-order valence-electron chi connectivity index (χ1n) is 7.13. The molecule has 0 unspecified atom stereocenters. The molecule has 0 fully saturated rings. The molecule has 2 amide bonds. The van der Waals surface area contributed by atoms with E-state index in [1.807, 2.05) is 6.92 Å². The SMILES string of the molecule is Cc1ccc(C(=O)NCCNC(=O)c2ccccc2O)c(O)c1. The summed E-state index contributed by atoms with van der Waals surface area (Å²) < 4.78 is 0. The van der Waals surface area contributed by atoms with E-state index in [2.05, 4.69) is 10.6 Å². The van der Waals surface area contributed by atoms with Crippen LogP contribution in [-0.2, 0) is 0 Å². The highest BCUT2D eigenvalue weighted by atomic mass is 16.3. The Balaban J connectivity index is 1.82. The highest BCUT2D eigenvalue weighted by Gasteiger charge is 2.12. The van der Waals surface area contributed by atoms with Gasteiger partial charge < -0.3 is 20.8 Å². The molecule has 0 aliphatic heterocycles. The minimum atomic E-state index is -0.421. The lowest BCUT2D eigenvalue weighted by molar-refractivity contribution is 0.0924. The number of carbonyl (C=O) groups excluding carboxylic acids is 2. The fourth-order valence-corrected chi connectivity index (χ4v) is 2.04. The van der Waals surface area contributed by atoms with Gasteiger partial charge in [-0.1, -0.05) is 18.2 Å². The Morgan fingerprint density at radius 3 is 2.00 bits per heavy atom. The van der Waals surface area contributed by atoms with E-state index in [-0.39, 0.29) is 35.7 Å². The maximum absolute atomic E-state index is 11.9. The summed E-state index contributed by atoms with van der Waals surface area (Å²) in [5.74, 6) is -1.02. The number of phenols is 2. The van der Waals surface area contributed by atoms with Crippen LogP contribution in [0.5, 0.6) is 11.5 Å². The standard InChI is InChI=1S/C17H18N2O4/c1-11-6-7-13(15(21)10-11)17(23)19-9-8-18-16(22)12-4-2-3-5-14(12)20/h2-7,10,20-21H,8-9H2,1H3,(H,18,22)(H,19,23). The van der Waals surface area contributed by atoms with Gasteiger partial charge in [-0.15, -0.1) is 0 Å². The number of rotatable bonds is 5. The van der Waals surface area contributed by atoms with Gasteiger partial charge in [-0.25, -0.2) is 0 Å². The smallest absolute Gasteiger partial charge is 0.255 e. The van der Waals surface area contributed by atoms with Crippen LogP contribution in [0, 0.1) is 6.92 Å². The first kappa shape index (κ1) is 16.4. The van der Waals surface area contributed by atoms with Crippen LogP contribution in [0.2, 0.25) is 0 Å². The van der Waals surface area contributed by atoms with Crippen molar-refractivity contribution in [3.05, 3.63) is 59.2 Å². The fraction of sp³-hybridized carbons (Fsp3) is 0.176. The molecule has 2 rings (SSSR count). The number of para-hydroxylation sites is 1. The van der Waals surface area contributed by atoms with Crippen molar-refractivity contribution < 1.29 is 19.8 Å². The minimum absolute atomic E-state index is 0.0826. The van der Waals surface area contributed by atoms with Gasteiger partial charge in [-0.2, -0.15) is 0 Å². The third kappa shape index (κ3) is 4.23. The average molecular weight is 314 g/mol. The summed E-state index contributed by atoms with van der Waals surface area (Å²) in [5, 5.41) is 24.5. The second-order valence-corrected chi connectivity index (χ2v) is 5.05. The van der Waals surface area contributed by atoms with Crippen molar-refractivity contribution in [3.8, 4) is 11.5 Å². The maximum atomic E-state index is 11.9. The van der Waals surface area contributed by atoms with E-state index >= 15 is 0 Å². The molecule has 23 heavy (non-hydrogen) atoms. The van der Waals surface area contributed by atoms with E-state index in [1.165, 1.54) is 18.2 Å². The molecule has 0 spiro atoms. The van der Waals surface area contributed by atoms with Crippen molar-refractivity contribution in [1.82, 2.24) is 10.6 Å².